The maximum absolute atomic E-state index is 12.4. The van der Waals surface area contributed by atoms with Crippen molar-refractivity contribution in [1.82, 2.24) is 0 Å². The molecule has 118 valence electrons. The quantitative estimate of drug-likeness (QED) is 0.844. The third kappa shape index (κ3) is 3.49. The summed E-state index contributed by atoms with van der Waals surface area (Å²) in [6.07, 6.45) is 3.07. The van der Waals surface area contributed by atoms with Crippen molar-refractivity contribution in [1.29, 1.82) is 0 Å². The Morgan fingerprint density at radius 2 is 1.76 bits per heavy atom. The zero-order chi connectivity index (χ0) is 15.7. The van der Waals surface area contributed by atoms with Crippen LogP contribution in [0.1, 0.15) is 19.3 Å². The lowest BCUT2D eigenvalue weighted by molar-refractivity contribution is -0.0436. The molecule has 4 nitrogen and oxygen atoms in total. The maximum Gasteiger partial charge on any atom is 0.501 e. The first-order valence-electron chi connectivity index (χ1n) is 6.56. The molecule has 0 heterocycles. The number of benzene rings is 1. The summed E-state index contributed by atoms with van der Waals surface area (Å²) in [5.41, 5.74) is 1.04. The van der Waals surface area contributed by atoms with E-state index in [1.807, 2.05) is 0 Å². The van der Waals surface area contributed by atoms with Gasteiger partial charge in [-0.15, -0.1) is 0 Å². The second-order valence-electron chi connectivity index (χ2n) is 5.37. The van der Waals surface area contributed by atoms with Gasteiger partial charge in [-0.1, -0.05) is 0 Å². The number of hydrogen-bond acceptors (Lipinski definition) is 4. The highest BCUT2D eigenvalue weighted by molar-refractivity contribution is 7.92. The van der Waals surface area contributed by atoms with Crippen molar-refractivity contribution in [2.24, 2.45) is 11.1 Å². The normalized spacial score (nSPS) is 17.5. The highest BCUT2D eigenvalue weighted by Gasteiger charge is 2.46. The molecule has 1 aromatic rings. The number of nitrogens with two attached hydrogens (primary N) is 1. The first-order chi connectivity index (χ1) is 9.70. The van der Waals surface area contributed by atoms with Crippen LogP contribution in [0, 0.1) is 5.41 Å². The number of anilines is 1. The Bertz CT molecular complexity index is 593. The van der Waals surface area contributed by atoms with Gasteiger partial charge in [0.25, 0.3) is 9.84 Å². The molecule has 1 saturated carbocycles. The summed E-state index contributed by atoms with van der Waals surface area (Å²) in [6, 6.07) is 4.62. The summed E-state index contributed by atoms with van der Waals surface area (Å²) in [5.74, 6) is 0. The van der Waals surface area contributed by atoms with Gasteiger partial charge in [-0.05, 0) is 55.5 Å². The summed E-state index contributed by atoms with van der Waals surface area (Å²) in [4.78, 5) is -0.747. The number of rotatable bonds is 6. The van der Waals surface area contributed by atoms with Crippen molar-refractivity contribution in [3.63, 3.8) is 0 Å². The monoisotopic (exact) mass is 322 g/mol. The SMILES string of the molecule is NCCC1(CNc2ccc(S(=O)(=O)C(F)(F)F)cc2)CC1. The van der Waals surface area contributed by atoms with Gasteiger partial charge in [0.05, 0.1) is 4.90 Å². The van der Waals surface area contributed by atoms with E-state index in [-0.39, 0.29) is 5.41 Å². The molecule has 1 aliphatic carbocycles. The molecule has 0 aromatic heterocycles. The van der Waals surface area contributed by atoms with E-state index in [9.17, 15) is 21.6 Å². The molecule has 0 unspecified atom stereocenters. The van der Waals surface area contributed by atoms with Crippen LogP contribution < -0.4 is 11.1 Å². The van der Waals surface area contributed by atoms with Crippen LogP contribution in [0.15, 0.2) is 29.2 Å². The number of nitrogens with one attached hydrogen (secondary N) is 1. The Labute approximate surface area is 121 Å². The maximum atomic E-state index is 12.4. The lowest BCUT2D eigenvalue weighted by Gasteiger charge is -2.16. The third-order valence-electron chi connectivity index (χ3n) is 3.77. The Kier molecular flexibility index (Phi) is 4.21. The van der Waals surface area contributed by atoms with Crippen LogP contribution in [0.4, 0.5) is 18.9 Å². The minimum atomic E-state index is -5.28. The second-order valence-corrected chi connectivity index (χ2v) is 7.31. The topological polar surface area (TPSA) is 72.2 Å². The van der Waals surface area contributed by atoms with Crippen molar-refractivity contribution in [3.05, 3.63) is 24.3 Å². The first-order valence-corrected chi connectivity index (χ1v) is 8.04. The molecule has 3 N–H and O–H groups in total. The molecule has 1 aliphatic rings. The van der Waals surface area contributed by atoms with Crippen molar-refractivity contribution in [2.45, 2.75) is 29.7 Å². The Balaban J connectivity index is 2.03. The van der Waals surface area contributed by atoms with E-state index in [0.717, 1.165) is 31.4 Å². The molecule has 8 heteroatoms. The highest BCUT2D eigenvalue weighted by Crippen LogP contribution is 2.48. The molecule has 0 spiro atoms. The minimum Gasteiger partial charge on any atom is -0.384 e. The van der Waals surface area contributed by atoms with Crippen LogP contribution in [0.25, 0.3) is 0 Å². The second kappa shape index (κ2) is 5.49. The lowest BCUT2D eigenvalue weighted by Crippen LogP contribution is -2.23. The first kappa shape index (κ1) is 16.1. The van der Waals surface area contributed by atoms with Gasteiger partial charge >= 0.3 is 5.51 Å². The van der Waals surface area contributed by atoms with Gasteiger partial charge in [0, 0.05) is 12.2 Å². The largest absolute Gasteiger partial charge is 0.501 e. The van der Waals surface area contributed by atoms with Crippen molar-refractivity contribution in [2.75, 3.05) is 18.4 Å². The zero-order valence-electron chi connectivity index (χ0n) is 11.3. The molecule has 0 saturated heterocycles. The number of hydrogen-bond donors (Lipinski definition) is 2. The summed E-state index contributed by atoms with van der Waals surface area (Å²) < 4.78 is 59.6. The molecule has 1 aromatic carbocycles. The Morgan fingerprint density at radius 3 is 2.19 bits per heavy atom. The van der Waals surface area contributed by atoms with E-state index in [1.165, 1.54) is 12.1 Å². The third-order valence-corrected chi connectivity index (χ3v) is 5.27. The van der Waals surface area contributed by atoms with E-state index in [4.69, 9.17) is 5.73 Å². The average molecular weight is 322 g/mol. The molecule has 2 rings (SSSR count). The number of halogens is 3. The van der Waals surface area contributed by atoms with Gasteiger partial charge in [-0.2, -0.15) is 13.2 Å². The van der Waals surface area contributed by atoms with E-state index in [2.05, 4.69) is 5.32 Å². The van der Waals surface area contributed by atoms with E-state index in [0.29, 0.717) is 18.8 Å². The predicted molar refractivity (Wildman–Crippen MR) is 73.5 cm³/mol. The summed E-state index contributed by atoms with van der Waals surface area (Å²) in [5, 5.41) is 3.12. The number of sulfone groups is 1. The fourth-order valence-corrected chi connectivity index (χ4v) is 2.93. The van der Waals surface area contributed by atoms with Gasteiger partial charge in [0.15, 0.2) is 0 Å². The van der Waals surface area contributed by atoms with Gasteiger partial charge < -0.3 is 11.1 Å². The van der Waals surface area contributed by atoms with Gasteiger partial charge in [0.1, 0.15) is 0 Å². The molecule has 21 heavy (non-hydrogen) atoms. The molecule has 1 fully saturated rings. The minimum absolute atomic E-state index is 0.186. The fraction of sp³-hybridized carbons (Fsp3) is 0.538. The molecule has 0 aliphatic heterocycles. The highest BCUT2D eigenvalue weighted by atomic mass is 32.2. The average Bonchev–Trinajstić information content (AvgIpc) is 3.16. The van der Waals surface area contributed by atoms with Gasteiger partial charge in [-0.3, -0.25) is 0 Å². The zero-order valence-corrected chi connectivity index (χ0v) is 12.1. The smallest absolute Gasteiger partial charge is 0.384 e. The Hall–Kier alpha value is -1.28. The molecule has 0 bridgehead atoms. The van der Waals surface area contributed by atoms with Crippen LogP contribution in [0.5, 0.6) is 0 Å². The van der Waals surface area contributed by atoms with E-state index >= 15 is 0 Å². The summed E-state index contributed by atoms with van der Waals surface area (Å²) in [7, 11) is -5.28. The molecular formula is C13H17F3N2O2S. The summed E-state index contributed by atoms with van der Waals surface area (Å²) >= 11 is 0. The van der Waals surface area contributed by atoms with Gasteiger partial charge in [0.2, 0.25) is 0 Å². The van der Waals surface area contributed by atoms with Crippen molar-refractivity contribution in [3.8, 4) is 0 Å². The van der Waals surface area contributed by atoms with Crippen LogP contribution >= 0.6 is 0 Å². The van der Waals surface area contributed by atoms with E-state index in [1.54, 1.807) is 0 Å². The molecule has 0 amide bonds. The van der Waals surface area contributed by atoms with Crippen LogP contribution in [0.2, 0.25) is 0 Å². The van der Waals surface area contributed by atoms with E-state index < -0.39 is 20.2 Å². The van der Waals surface area contributed by atoms with Crippen molar-refractivity contribution < 1.29 is 21.6 Å². The van der Waals surface area contributed by atoms with Gasteiger partial charge in [-0.25, -0.2) is 8.42 Å². The molecular weight excluding hydrogens is 305 g/mol. The van der Waals surface area contributed by atoms with Crippen molar-refractivity contribution >= 4 is 15.5 Å². The predicted octanol–water partition coefficient (Wildman–Crippen LogP) is 2.52. The summed E-state index contributed by atoms with van der Waals surface area (Å²) in [6.45, 7) is 1.29. The number of alkyl halides is 3. The Morgan fingerprint density at radius 1 is 1.19 bits per heavy atom. The standard InChI is InChI=1S/C13H17F3N2O2S/c14-13(15,16)21(19,20)11-3-1-10(2-4-11)18-9-12(5-6-12)7-8-17/h1-4,18H,5-9,17H2. The lowest BCUT2D eigenvalue weighted by atomic mass is 10.0. The fourth-order valence-electron chi connectivity index (χ4n) is 2.17. The van der Waals surface area contributed by atoms with Crippen LogP contribution in [-0.2, 0) is 9.84 Å². The van der Waals surface area contributed by atoms with Crippen LogP contribution in [0.3, 0.4) is 0 Å². The van der Waals surface area contributed by atoms with Crippen LogP contribution in [-0.4, -0.2) is 27.0 Å². The molecule has 0 radical (unpaired) electrons. The molecule has 0 atom stereocenters.